The number of ether oxygens (including phenoxy) is 1. The third-order valence-corrected chi connectivity index (χ3v) is 5.33. The van der Waals surface area contributed by atoms with Crippen molar-refractivity contribution in [2.75, 3.05) is 19.8 Å². The summed E-state index contributed by atoms with van der Waals surface area (Å²) >= 11 is 0. The van der Waals surface area contributed by atoms with Crippen molar-refractivity contribution in [3.05, 3.63) is 70.8 Å². The fourth-order valence-corrected chi connectivity index (χ4v) is 3.48. The average molecular weight is 337 g/mol. The largest absolute Gasteiger partial charge is 0.381 e. The van der Waals surface area contributed by atoms with Gasteiger partial charge in [0.15, 0.2) is 0 Å². The third-order valence-electron chi connectivity index (χ3n) is 5.33. The Labute approximate surface area is 150 Å². The van der Waals surface area contributed by atoms with Crippen LogP contribution in [0.3, 0.4) is 0 Å². The highest BCUT2D eigenvalue weighted by Crippen LogP contribution is 2.34. The van der Waals surface area contributed by atoms with Crippen LogP contribution in [0.5, 0.6) is 0 Å². The van der Waals surface area contributed by atoms with Gasteiger partial charge in [0, 0.05) is 30.7 Å². The summed E-state index contributed by atoms with van der Waals surface area (Å²) in [4.78, 5) is 12.6. The third kappa shape index (κ3) is 4.10. The minimum Gasteiger partial charge on any atom is -0.381 e. The van der Waals surface area contributed by atoms with Crippen LogP contribution >= 0.6 is 0 Å². The van der Waals surface area contributed by atoms with Gasteiger partial charge in [-0.2, -0.15) is 0 Å². The van der Waals surface area contributed by atoms with Crippen LogP contribution < -0.4 is 5.32 Å². The van der Waals surface area contributed by atoms with E-state index < -0.39 is 0 Å². The molecule has 132 valence electrons. The smallest absolute Gasteiger partial charge is 0.251 e. The summed E-state index contributed by atoms with van der Waals surface area (Å²) < 4.78 is 5.57. The molecule has 1 aliphatic rings. The molecule has 0 spiro atoms. The molecule has 2 aromatic carbocycles. The van der Waals surface area contributed by atoms with Gasteiger partial charge in [0.25, 0.3) is 5.91 Å². The predicted octanol–water partition coefficient (Wildman–Crippen LogP) is 4.04. The summed E-state index contributed by atoms with van der Waals surface area (Å²) in [6.45, 7) is 6.35. The van der Waals surface area contributed by atoms with E-state index >= 15 is 0 Å². The first-order valence-electron chi connectivity index (χ1n) is 9.15. The molecule has 0 radical (unpaired) electrons. The molecule has 1 heterocycles. The van der Waals surface area contributed by atoms with Gasteiger partial charge in [-0.15, -0.1) is 0 Å². The zero-order valence-corrected chi connectivity index (χ0v) is 15.2. The normalized spacial score (nSPS) is 16.4. The summed E-state index contributed by atoms with van der Waals surface area (Å²) in [6.07, 6.45) is 2.86. The van der Waals surface area contributed by atoms with Crippen molar-refractivity contribution in [1.82, 2.24) is 5.32 Å². The molecule has 1 aliphatic heterocycles. The van der Waals surface area contributed by atoms with E-state index in [0.29, 0.717) is 6.54 Å². The highest BCUT2D eigenvalue weighted by atomic mass is 16.5. The van der Waals surface area contributed by atoms with Crippen molar-refractivity contribution < 1.29 is 9.53 Å². The summed E-state index contributed by atoms with van der Waals surface area (Å²) in [5.74, 6) is 0.000585. The van der Waals surface area contributed by atoms with Crippen molar-refractivity contribution in [3.63, 3.8) is 0 Å². The van der Waals surface area contributed by atoms with Crippen LogP contribution in [0.25, 0.3) is 0 Å². The highest BCUT2D eigenvalue weighted by Gasteiger charge is 2.34. The van der Waals surface area contributed by atoms with Gasteiger partial charge in [-0.25, -0.2) is 0 Å². The summed E-state index contributed by atoms with van der Waals surface area (Å²) in [7, 11) is 0. The molecule has 0 aliphatic carbocycles. The molecule has 0 unspecified atom stereocenters. The Morgan fingerprint density at radius 1 is 1.04 bits per heavy atom. The predicted molar refractivity (Wildman–Crippen MR) is 101 cm³/mol. The van der Waals surface area contributed by atoms with Gasteiger partial charge in [-0.05, 0) is 49.4 Å². The molecule has 1 fully saturated rings. The van der Waals surface area contributed by atoms with Gasteiger partial charge in [-0.1, -0.05) is 48.9 Å². The number of benzene rings is 2. The Morgan fingerprint density at radius 3 is 2.28 bits per heavy atom. The fourth-order valence-electron chi connectivity index (χ4n) is 3.48. The van der Waals surface area contributed by atoms with Crippen LogP contribution in [0.4, 0.5) is 0 Å². The molecule has 3 heteroatoms. The van der Waals surface area contributed by atoms with E-state index in [9.17, 15) is 4.79 Å². The van der Waals surface area contributed by atoms with Crippen molar-refractivity contribution in [2.24, 2.45) is 0 Å². The number of rotatable bonds is 5. The molecule has 3 nitrogen and oxygen atoms in total. The first kappa shape index (κ1) is 17.7. The molecular formula is C22H27NO2. The van der Waals surface area contributed by atoms with Crippen molar-refractivity contribution >= 4 is 5.91 Å². The first-order chi connectivity index (χ1) is 12.1. The Bertz CT molecular complexity index is 698. The topological polar surface area (TPSA) is 38.3 Å². The molecule has 0 atom stereocenters. The van der Waals surface area contributed by atoms with E-state index in [2.05, 4.69) is 43.4 Å². The second kappa shape index (κ2) is 7.83. The summed E-state index contributed by atoms with van der Waals surface area (Å²) in [5.41, 5.74) is 4.49. The average Bonchev–Trinajstić information content (AvgIpc) is 2.67. The summed E-state index contributed by atoms with van der Waals surface area (Å²) in [6, 6.07) is 16.6. The Morgan fingerprint density at radius 2 is 1.68 bits per heavy atom. The number of aryl methyl sites for hydroxylation is 2. The number of nitrogens with one attached hydrogen (secondary N) is 1. The Kier molecular flexibility index (Phi) is 5.54. The second-order valence-electron chi connectivity index (χ2n) is 6.99. The van der Waals surface area contributed by atoms with E-state index in [0.717, 1.165) is 38.0 Å². The van der Waals surface area contributed by atoms with Gasteiger partial charge in [0.05, 0.1) is 0 Å². The lowest BCUT2D eigenvalue weighted by Crippen LogP contribution is -2.44. The quantitative estimate of drug-likeness (QED) is 0.894. The molecule has 3 rings (SSSR count). The van der Waals surface area contributed by atoms with Crippen LogP contribution in [-0.2, 0) is 16.6 Å². The van der Waals surface area contributed by atoms with Crippen molar-refractivity contribution in [1.29, 1.82) is 0 Å². The van der Waals surface area contributed by atoms with Crippen molar-refractivity contribution in [2.45, 2.75) is 38.5 Å². The highest BCUT2D eigenvalue weighted by molar-refractivity contribution is 5.94. The number of carbonyl (C=O) groups excluding carboxylic acids is 1. The maximum absolute atomic E-state index is 12.6. The Hall–Kier alpha value is -2.13. The van der Waals surface area contributed by atoms with Crippen LogP contribution in [0, 0.1) is 6.92 Å². The second-order valence-corrected chi connectivity index (χ2v) is 6.99. The number of hydrogen-bond acceptors (Lipinski definition) is 2. The summed E-state index contributed by atoms with van der Waals surface area (Å²) in [5, 5.41) is 3.17. The van der Waals surface area contributed by atoms with E-state index in [1.807, 2.05) is 24.3 Å². The van der Waals surface area contributed by atoms with Gasteiger partial charge in [0.2, 0.25) is 0 Å². The molecule has 0 bridgehead atoms. The van der Waals surface area contributed by atoms with Crippen molar-refractivity contribution in [3.8, 4) is 0 Å². The minimum atomic E-state index is -0.0367. The SMILES string of the molecule is CCc1ccc(C(=O)NCC2(c3ccc(C)cc3)CCOCC2)cc1. The number of amides is 1. The van der Waals surface area contributed by atoms with E-state index in [-0.39, 0.29) is 11.3 Å². The molecule has 1 saturated heterocycles. The van der Waals surface area contributed by atoms with E-state index in [4.69, 9.17) is 4.74 Å². The lowest BCUT2D eigenvalue weighted by atomic mass is 9.74. The maximum Gasteiger partial charge on any atom is 0.251 e. The molecule has 0 aromatic heterocycles. The molecule has 1 N–H and O–H groups in total. The number of hydrogen-bond donors (Lipinski definition) is 1. The zero-order chi connectivity index (χ0) is 17.7. The molecule has 1 amide bonds. The standard InChI is InChI=1S/C22H27NO2/c1-3-18-6-8-19(9-7-18)21(24)23-16-22(12-14-25-15-13-22)20-10-4-17(2)5-11-20/h4-11H,3,12-16H2,1-2H3,(H,23,24). The van der Waals surface area contributed by atoms with Gasteiger partial charge < -0.3 is 10.1 Å². The first-order valence-corrected chi connectivity index (χ1v) is 9.15. The molecule has 2 aromatic rings. The zero-order valence-electron chi connectivity index (χ0n) is 15.2. The minimum absolute atomic E-state index is 0.000585. The molecule has 25 heavy (non-hydrogen) atoms. The number of carbonyl (C=O) groups is 1. The van der Waals surface area contributed by atoms with Crippen LogP contribution in [0.1, 0.15) is 46.8 Å². The van der Waals surface area contributed by atoms with Crippen LogP contribution in [0.15, 0.2) is 48.5 Å². The van der Waals surface area contributed by atoms with Gasteiger partial charge in [-0.3, -0.25) is 4.79 Å². The maximum atomic E-state index is 12.6. The Balaban J connectivity index is 1.74. The van der Waals surface area contributed by atoms with Gasteiger partial charge in [0.1, 0.15) is 0 Å². The lowest BCUT2D eigenvalue weighted by molar-refractivity contribution is 0.0487. The lowest BCUT2D eigenvalue weighted by Gasteiger charge is -2.38. The molecule has 0 saturated carbocycles. The van der Waals surface area contributed by atoms with Gasteiger partial charge >= 0.3 is 0 Å². The van der Waals surface area contributed by atoms with E-state index in [1.165, 1.54) is 16.7 Å². The monoisotopic (exact) mass is 337 g/mol. The van der Waals surface area contributed by atoms with Crippen LogP contribution in [0.2, 0.25) is 0 Å². The fraction of sp³-hybridized carbons (Fsp3) is 0.409. The molecular weight excluding hydrogens is 310 g/mol. The van der Waals surface area contributed by atoms with Crippen LogP contribution in [-0.4, -0.2) is 25.7 Å². The van der Waals surface area contributed by atoms with E-state index in [1.54, 1.807) is 0 Å².